The molecular formula is C13H20N4O4. The number of anilines is 1. The Kier molecular flexibility index (Phi) is 4.29. The highest BCUT2D eigenvalue weighted by Crippen LogP contribution is 2.12. The van der Waals surface area contributed by atoms with Crippen LogP contribution in [0.2, 0.25) is 0 Å². The van der Waals surface area contributed by atoms with Gasteiger partial charge in [-0.3, -0.25) is 23.6 Å². The van der Waals surface area contributed by atoms with Gasteiger partial charge in [-0.2, -0.15) is 0 Å². The topological polar surface area (TPSA) is 99.6 Å². The van der Waals surface area contributed by atoms with E-state index in [0.717, 1.165) is 9.13 Å². The molecule has 0 aromatic carbocycles. The van der Waals surface area contributed by atoms with Gasteiger partial charge in [-0.25, -0.2) is 4.79 Å². The number of rotatable bonds is 3. The van der Waals surface area contributed by atoms with Gasteiger partial charge in [0.05, 0.1) is 19.3 Å². The van der Waals surface area contributed by atoms with E-state index in [4.69, 9.17) is 10.5 Å². The van der Waals surface area contributed by atoms with E-state index in [2.05, 4.69) is 0 Å². The lowest BCUT2D eigenvalue weighted by Crippen LogP contribution is -2.49. The van der Waals surface area contributed by atoms with Gasteiger partial charge in [0.1, 0.15) is 11.4 Å². The zero-order chi connectivity index (χ0) is 15.7. The lowest BCUT2D eigenvalue weighted by Gasteiger charge is -2.31. The summed E-state index contributed by atoms with van der Waals surface area (Å²) < 4.78 is 7.26. The number of hydrogen-bond acceptors (Lipinski definition) is 6. The molecule has 116 valence electrons. The molecule has 1 aromatic rings. The summed E-state index contributed by atoms with van der Waals surface area (Å²) in [6.45, 7) is 4.09. The van der Waals surface area contributed by atoms with Gasteiger partial charge in [0.15, 0.2) is 5.78 Å². The zero-order valence-electron chi connectivity index (χ0n) is 12.5. The van der Waals surface area contributed by atoms with Crippen molar-refractivity contribution in [2.24, 2.45) is 14.1 Å². The van der Waals surface area contributed by atoms with Crippen LogP contribution in [0, 0.1) is 0 Å². The Morgan fingerprint density at radius 1 is 1.19 bits per heavy atom. The monoisotopic (exact) mass is 296 g/mol. The standard InChI is InChI=1S/C13H20N4O4/c1-8(17-4-6-21-7-5-17)10(18)9-11(14)15(2)13(20)16(3)12(9)19/h8H,4-7,14H2,1-3H3. The Bertz CT molecular complexity index is 670. The number of aromatic nitrogens is 2. The molecule has 1 unspecified atom stereocenters. The molecule has 2 N–H and O–H groups in total. The first-order valence-corrected chi connectivity index (χ1v) is 6.77. The highest BCUT2D eigenvalue weighted by atomic mass is 16.5. The summed E-state index contributed by atoms with van der Waals surface area (Å²) in [5.74, 6) is -0.459. The van der Waals surface area contributed by atoms with Crippen molar-refractivity contribution >= 4 is 11.6 Å². The Labute approximate surface area is 121 Å². The summed E-state index contributed by atoms with van der Waals surface area (Å²) in [5, 5.41) is 0. The number of hydrogen-bond donors (Lipinski definition) is 1. The molecule has 0 bridgehead atoms. The molecule has 2 rings (SSSR count). The van der Waals surface area contributed by atoms with Gasteiger partial charge in [-0.15, -0.1) is 0 Å². The molecule has 1 aromatic heterocycles. The van der Waals surface area contributed by atoms with Crippen LogP contribution in [0.5, 0.6) is 0 Å². The average Bonchev–Trinajstić information content (AvgIpc) is 2.51. The van der Waals surface area contributed by atoms with Crippen LogP contribution in [-0.4, -0.2) is 52.2 Å². The Morgan fingerprint density at radius 3 is 2.33 bits per heavy atom. The third-order valence-corrected chi connectivity index (χ3v) is 3.93. The fourth-order valence-electron chi connectivity index (χ4n) is 2.43. The molecule has 8 nitrogen and oxygen atoms in total. The van der Waals surface area contributed by atoms with E-state index < -0.39 is 17.3 Å². The molecule has 0 amide bonds. The first-order valence-electron chi connectivity index (χ1n) is 6.77. The molecule has 1 saturated heterocycles. The lowest BCUT2D eigenvalue weighted by molar-refractivity contribution is 0.0208. The average molecular weight is 296 g/mol. The van der Waals surface area contributed by atoms with Gasteiger partial charge in [0.25, 0.3) is 5.56 Å². The largest absolute Gasteiger partial charge is 0.384 e. The van der Waals surface area contributed by atoms with E-state index in [0.29, 0.717) is 26.3 Å². The lowest BCUT2D eigenvalue weighted by atomic mass is 10.1. The van der Waals surface area contributed by atoms with Crippen molar-refractivity contribution < 1.29 is 9.53 Å². The molecule has 21 heavy (non-hydrogen) atoms. The maximum Gasteiger partial charge on any atom is 0.332 e. The second-order valence-corrected chi connectivity index (χ2v) is 5.15. The van der Waals surface area contributed by atoms with Crippen molar-refractivity contribution in [1.29, 1.82) is 0 Å². The highest BCUT2D eigenvalue weighted by molar-refractivity contribution is 6.03. The smallest absolute Gasteiger partial charge is 0.332 e. The number of nitrogens with two attached hydrogens (primary N) is 1. The minimum atomic E-state index is -0.652. The quantitative estimate of drug-likeness (QED) is 0.687. The number of ketones is 1. The van der Waals surface area contributed by atoms with Crippen LogP contribution in [0.1, 0.15) is 17.3 Å². The second-order valence-electron chi connectivity index (χ2n) is 5.15. The van der Waals surface area contributed by atoms with E-state index in [1.807, 2.05) is 4.90 Å². The van der Waals surface area contributed by atoms with E-state index >= 15 is 0 Å². The van der Waals surface area contributed by atoms with Gasteiger partial charge in [0, 0.05) is 27.2 Å². The molecule has 2 heterocycles. The second kappa shape index (κ2) is 5.82. The van der Waals surface area contributed by atoms with Crippen molar-refractivity contribution in [2.75, 3.05) is 32.0 Å². The van der Waals surface area contributed by atoms with Gasteiger partial charge in [-0.05, 0) is 6.92 Å². The summed E-state index contributed by atoms with van der Waals surface area (Å²) in [6.07, 6.45) is 0. The molecule has 0 saturated carbocycles. The van der Waals surface area contributed by atoms with Crippen LogP contribution in [0.4, 0.5) is 5.82 Å². The molecule has 0 aliphatic carbocycles. The maximum absolute atomic E-state index is 12.6. The molecule has 8 heteroatoms. The van der Waals surface area contributed by atoms with E-state index in [1.54, 1.807) is 6.92 Å². The fraction of sp³-hybridized carbons (Fsp3) is 0.615. The normalized spacial score (nSPS) is 17.7. The van der Waals surface area contributed by atoms with Crippen molar-refractivity contribution in [2.45, 2.75) is 13.0 Å². The summed E-state index contributed by atoms with van der Waals surface area (Å²) in [7, 11) is 2.77. The Morgan fingerprint density at radius 2 is 1.76 bits per heavy atom. The zero-order valence-corrected chi connectivity index (χ0v) is 12.5. The molecule has 0 spiro atoms. The molecule has 1 fully saturated rings. The minimum Gasteiger partial charge on any atom is -0.384 e. The van der Waals surface area contributed by atoms with E-state index in [9.17, 15) is 14.4 Å². The van der Waals surface area contributed by atoms with Crippen LogP contribution in [0.3, 0.4) is 0 Å². The Balaban J connectivity index is 2.44. The summed E-state index contributed by atoms with van der Waals surface area (Å²) in [4.78, 5) is 38.5. The van der Waals surface area contributed by atoms with Crippen LogP contribution < -0.4 is 17.0 Å². The summed E-state index contributed by atoms with van der Waals surface area (Å²) >= 11 is 0. The van der Waals surface area contributed by atoms with Crippen LogP contribution in [-0.2, 0) is 18.8 Å². The predicted octanol–water partition coefficient (Wildman–Crippen LogP) is -1.43. The number of morpholine rings is 1. The molecular weight excluding hydrogens is 276 g/mol. The third kappa shape index (κ3) is 2.64. The number of carbonyl (C=O) groups is 1. The fourth-order valence-corrected chi connectivity index (χ4v) is 2.43. The van der Waals surface area contributed by atoms with E-state index in [-0.39, 0.29) is 17.2 Å². The van der Waals surface area contributed by atoms with Crippen LogP contribution in [0.15, 0.2) is 9.59 Å². The first-order chi connectivity index (χ1) is 9.86. The maximum atomic E-state index is 12.6. The number of nitrogens with zero attached hydrogens (tertiary/aromatic N) is 3. The van der Waals surface area contributed by atoms with Crippen molar-refractivity contribution in [1.82, 2.24) is 14.0 Å². The van der Waals surface area contributed by atoms with Crippen molar-refractivity contribution in [3.63, 3.8) is 0 Å². The van der Waals surface area contributed by atoms with Gasteiger partial charge in [-0.1, -0.05) is 0 Å². The summed E-state index contributed by atoms with van der Waals surface area (Å²) in [5.41, 5.74) is 4.48. The number of ether oxygens (including phenoxy) is 1. The summed E-state index contributed by atoms with van der Waals surface area (Å²) in [6, 6.07) is -0.485. The molecule has 1 aliphatic heterocycles. The first kappa shape index (κ1) is 15.5. The third-order valence-electron chi connectivity index (χ3n) is 3.93. The van der Waals surface area contributed by atoms with Gasteiger partial charge < -0.3 is 10.5 Å². The number of nitrogen functional groups attached to an aromatic ring is 1. The molecule has 1 aliphatic rings. The SMILES string of the molecule is CC(C(=O)c1c(N)n(C)c(=O)n(C)c1=O)N1CCOCC1. The Hall–Kier alpha value is -1.93. The van der Waals surface area contributed by atoms with Crippen molar-refractivity contribution in [3.05, 3.63) is 26.4 Å². The van der Waals surface area contributed by atoms with Gasteiger partial charge >= 0.3 is 5.69 Å². The van der Waals surface area contributed by atoms with Crippen molar-refractivity contribution in [3.8, 4) is 0 Å². The number of Topliss-reactive ketones (excluding diaryl/α,β-unsaturated/α-hetero) is 1. The predicted molar refractivity (Wildman–Crippen MR) is 77.5 cm³/mol. The molecule has 0 radical (unpaired) electrons. The molecule has 1 atom stereocenters. The number of carbonyl (C=O) groups excluding carboxylic acids is 1. The minimum absolute atomic E-state index is 0.0896. The van der Waals surface area contributed by atoms with Crippen LogP contribution in [0.25, 0.3) is 0 Å². The van der Waals surface area contributed by atoms with Gasteiger partial charge in [0.2, 0.25) is 0 Å². The highest BCUT2D eigenvalue weighted by Gasteiger charge is 2.29. The van der Waals surface area contributed by atoms with Crippen LogP contribution >= 0.6 is 0 Å². The van der Waals surface area contributed by atoms with E-state index in [1.165, 1.54) is 14.1 Å².